The number of pyridine rings is 1. The van der Waals surface area contributed by atoms with E-state index in [1.807, 2.05) is 6.92 Å². The normalized spacial score (nSPS) is 13.7. The van der Waals surface area contributed by atoms with Crippen molar-refractivity contribution in [2.45, 2.75) is 59.2 Å². The van der Waals surface area contributed by atoms with E-state index in [0.717, 1.165) is 24.8 Å². The van der Waals surface area contributed by atoms with Crippen LogP contribution in [0.4, 0.5) is 11.5 Å². The number of amides is 1. The topological polar surface area (TPSA) is 119 Å². The van der Waals surface area contributed by atoms with Crippen LogP contribution in [0.3, 0.4) is 0 Å². The van der Waals surface area contributed by atoms with E-state index >= 15 is 0 Å². The third kappa shape index (κ3) is 5.14. The monoisotopic (exact) mass is 475 g/mol. The summed E-state index contributed by atoms with van der Waals surface area (Å²) >= 11 is 0. The van der Waals surface area contributed by atoms with Crippen LogP contribution in [-0.2, 0) is 13.2 Å². The maximum atomic E-state index is 13.0. The van der Waals surface area contributed by atoms with Gasteiger partial charge < -0.3 is 10.4 Å². The van der Waals surface area contributed by atoms with Crippen molar-refractivity contribution in [3.63, 3.8) is 0 Å². The molecule has 9 heteroatoms. The lowest BCUT2D eigenvalue weighted by Crippen LogP contribution is -2.40. The number of benzene rings is 1. The molecule has 182 valence electrons. The van der Waals surface area contributed by atoms with Crippen LogP contribution in [0.5, 0.6) is 0 Å². The van der Waals surface area contributed by atoms with E-state index in [-0.39, 0.29) is 35.5 Å². The van der Waals surface area contributed by atoms with Crippen molar-refractivity contribution in [1.29, 1.82) is 0 Å². The minimum Gasteiger partial charge on any atom is -0.392 e. The number of hydrogen-bond donors (Lipinski definition) is 2. The molecule has 1 aliphatic carbocycles. The minimum atomic E-state index is -0.362. The second kappa shape index (κ2) is 10.2. The summed E-state index contributed by atoms with van der Waals surface area (Å²) in [7, 11) is 0. The molecular formula is C26H29N5O4. The fourth-order valence-electron chi connectivity index (χ4n) is 3.86. The summed E-state index contributed by atoms with van der Waals surface area (Å²) in [4.78, 5) is 47.4. The predicted octanol–water partition coefficient (Wildman–Crippen LogP) is 3.34. The SMILES string of the molecule is CCCn1c(/N=C(\C)c2ccc(C(=O)Nc3ccc(CO)cc3)nc2)c(C)c(=O)n(C2CC2)c1=O. The molecule has 4 rings (SSSR count). The van der Waals surface area contributed by atoms with Crippen molar-refractivity contribution in [2.75, 3.05) is 5.32 Å². The number of rotatable bonds is 8. The van der Waals surface area contributed by atoms with Crippen molar-refractivity contribution in [3.05, 3.63) is 85.8 Å². The first-order valence-corrected chi connectivity index (χ1v) is 11.7. The first-order chi connectivity index (χ1) is 16.8. The van der Waals surface area contributed by atoms with Crippen LogP contribution < -0.4 is 16.6 Å². The van der Waals surface area contributed by atoms with E-state index in [0.29, 0.717) is 34.9 Å². The molecule has 1 fully saturated rings. The molecule has 0 aliphatic heterocycles. The predicted molar refractivity (Wildman–Crippen MR) is 135 cm³/mol. The van der Waals surface area contributed by atoms with Crippen LogP contribution in [0, 0.1) is 6.92 Å². The van der Waals surface area contributed by atoms with Gasteiger partial charge in [-0.05, 0) is 62.9 Å². The largest absolute Gasteiger partial charge is 0.392 e. The summed E-state index contributed by atoms with van der Waals surface area (Å²) < 4.78 is 2.95. The quantitative estimate of drug-likeness (QED) is 0.485. The highest BCUT2D eigenvalue weighted by atomic mass is 16.3. The number of hydrogen-bond acceptors (Lipinski definition) is 6. The third-order valence-electron chi connectivity index (χ3n) is 6.01. The molecule has 1 aromatic carbocycles. The van der Waals surface area contributed by atoms with Crippen molar-refractivity contribution in [2.24, 2.45) is 4.99 Å². The van der Waals surface area contributed by atoms with Crippen LogP contribution in [0.2, 0.25) is 0 Å². The van der Waals surface area contributed by atoms with Crippen molar-refractivity contribution in [1.82, 2.24) is 14.1 Å². The zero-order chi connectivity index (χ0) is 25.1. The number of aliphatic hydroxyl groups is 1. The Morgan fingerprint density at radius 3 is 2.46 bits per heavy atom. The van der Waals surface area contributed by atoms with Gasteiger partial charge in [0.1, 0.15) is 11.5 Å². The highest BCUT2D eigenvalue weighted by Gasteiger charge is 2.29. The first-order valence-electron chi connectivity index (χ1n) is 11.7. The molecule has 1 amide bonds. The number of carbonyl (C=O) groups is 1. The van der Waals surface area contributed by atoms with E-state index in [1.165, 1.54) is 4.57 Å². The van der Waals surface area contributed by atoms with Gasteiger partial charge in [-0.1, -0.05) is 19.1 Å². The lowest BCUT2D eigenvalue weighted by atomic mass is 10.1. The van der Waals surface area contributed by atoms with Crippen LogP contribution >= 0.6 is 0 Å². The smallest absolute Gasteiger partial charge is 0.332 e. The number of aliphatic hydroxyl groups excluding tert-OH is 1. The van der Waals surface area contributed by atoms with E-state index in [4.69, 9.17) is 5.11 Å². The molecule has 0 bridgehead atoms. The Balaban J connectivity index is 1.60. The van der Waals surface area contributed by atoms with Crippen molar-refractivity contribution in [3.8, 4) is 0 Å². The Morgan fingerprint density at radius 2 is 1.89 bits per heavy atom. The average Bonchev–Trinajstić information content (AvgIpc) is 3.70. The Labute approximate surface area is 202 Å². The maximum Gasteiger partial charge on any atom is 0.332 e. The van der Waals surface area contributed by atoms with Gasteiger partial charge in [0, 0.05) is 35.7 Å². The number of aliphatic imine (C=N–C) groups is 1. The Morgan fingerprint density at radius 1 is 1.17 bits per heavy atom. The molecule has 2 N–H and O–H groups in total. The zero-order valence-electron chi connectivity index (χ0n) is 20.1. The first kappa shape index (κ1) is 24.3. The van der Waals surface area contributed by atoms with Gasteiger partial charge in [0.2, 0.25) is 0 Å². The fraction of sp³-hybridized carbons (Fsp3) is 0.346. The third-order valence-corrected chi connectivity index (χ3v) is 6.01. The molecule has 3 aromatic rings. The van der Waals surface area contributed by atoms with Gasteiger partial charge in [0.25, 0.3) is 11.5 Å². The van der Waals surface area contributed by atoms with E-state index in [1.54, 1.807) is 61.0 Å². The summed E-state index contributed by atoms with van der Waals surface area (Å²) in [5.74, 6) is 0.00333. The summed E-state index contributed by atoms with van der Waals surface area (Å²) in [5.41, 5.74) is 2.70. The van der Waals surface area contributed by atoms with E-state index in [2.05, 4.69) is 15.3 Å². The number of aromatic nitrogens is 3. The van der Waals surface area contributed by atoms with Gasteiger partial charge in [0.05, 0.1) is 12.2 Å². The summed E-state index contributed by atoms with van der Waals surface area (Å²) in [6, 6.07) is 10.2. The summed E-state index contributed by atoms with van der Waals surface area (Å²) in [6.45, 7) is 5.87. The van der Waals surface area contributed by atoms with Crippen LogP contribution in [-0.4, -0.2) is 30.8 Å². The van der Waals surface area contributed by atoms with Crippen molar-refractivity contribution >= 4 is 23.1 Å². The molecule has 9 nitrogen and oxygen atoms in total. The molecule has 2 heterocycles. The minimum absolute atomic E-state index is 0.00793. The van der Waals surface area contributed by atoms with Gasteiger partial charge in [-0.3, -0.25) is 23.7 Å². The molecule has 1 saturated carbocycles. The van der Waals surface area contributed by atoms with Gasteiger partial charge >= 0.3 is 5.69 Å². The number of nitrogens with one attached hydrogen (secondary N) is 1. The van der Waals surface area contributed by atoms with Crippen LogP contribution in [0.1, 0.15) is 66.3 Å². The highest BCUT2D eigenvalue weighted by molar-refractivity contribution is 6.04. The lowest BCUT2D eigenvalue weighted by molar-refractivity contribution is 0.102. The molecular weight excluding hydrogens is 446 g/mol. The highest BCUT2D eigenvalue weighted by Crippen LogP contribution is 2.32. The summed E-state index contributed by atoms with van der Waals surface area (Å²) in [6.07, 6.45) is 3.98. The lowest BCUT2D eigenvalue weighted by Gasteiger charge is -2.15. The second-order valence-corrected chi connectivity index (χ2v) is 8.73. The average molecular weight is 476 g/mol. The molecule has 0 radical (unpaired) electrons. The van der Waals surface area contributed by atoms with Gasteiger partial charge in [-0.25, -0.2) is 9.79 Å². The van der Waals surface area contributed by atoms with Gasteiger partial charge in [-0.15, -0.1) is 0 Å². The molecule has 0 atom stereocenters. The molecule has 0 unspecified atom stereocenters. The van der Waals surface area contributed by atoms with E-state index < -0.39 is 0 Å². The van der Waals surface area contributed by atoms with Gasteiger partial charge in [0.15, 0.2) is 0 Å². The number of anilines is 1. The molecule has 0 saturated heterocycles. The van der Waals surface area contributed by atoms with E-state index in [9.17, 15) is 14.4 Å². The Kier molecular flexibility index (Phi) is 7.07. The van der Waals surface area contributed by atoms with Crippen LogP contribution in [0.15, 0.2) is 57.2 Å². The van der Waals surface area contributed by atoms with Gasteiger partial charge in [-0.2, -0.15) is 0 Å². The second-order valence-electron chi connectivity index (χ2n) is 8.73. The zero-order valence-corrected chi connectivity index (χ0v) is 20.1. The molecule has 0 spiro atoms. The molecule has 35 heavy (non-hydrogen) atoms. The number of nitrogens with zero attached hydrogens (tertiary/aromatic N) is 4. The fourth-order valence-corrected chi connectivity index (χ4v) is 3.86. The number of carbonyl (C=O) groups excluding carboxylic acids is 1. The standard InChI is InChI=1S/C26H29N5O4/c1-4-13-30-23(16(2)25(34)31(26(30)35)21-10-11-21)28-17(3)19-7-12-22(27-14-19)24(33)29-20-8-5-18(15-32)6-9-20/h5-9,12,14,21,32H,4,10-11,13,15H2,1-3H3,(H,29,33)/b28-17+. The molecule has 1 aliphatic rings. The Bertz CT molecular complexity index is 1380. The Hall–Kier alpha value is -3.85. The maximum absolute atomic E-state index is 13.0. The van der Waals surface area contributed by atoms with Crippen molar-refractivity contribution < 1.29 is 9.90 Å². The van der Waals surface area contributed by atoms with Crippen LogP contribution in [0.25, 0.3) is 0 Å². The summed E-state index contributed by atoms with van der Waals surface area (Å²) in [5, 5.41) is 11.9. The molecule has 2 aromatic heterocycles.